The normalized spacial score (nSPS) is 13.3. The zero-order chi connectivity index (χ0) is 56.3. The minimum absolute atomic E-state index is 0.0222. The monoisotopic (exact) mass is 1070 g/mol. The Kier molecular flexibility index (Phi) is 17.5. The highest BCUT2D eigenvalue weighted by Gasteiger charge is 2.39. The van der Waals surface area contributed by atoms with Crippen LogP contribution in [-0.4, -0.2) is 99.0 Å². The van der Waals surface area contributed by atoms with E-state index in [9.17, 15) is 33.9 Å². The first-order valence-corrected chi connectivity index (χ1v) is 26.0. The van der Waals surface area contributed by atoms with Gasteiger partial charge < -0.3 is 39.8 Å². The van der Waals surface area contributed by atoms with Gasteiger partial charge in [-0.25, -0.2) is 9.59 Å². The first-order chi connectivity index (χ1) is 37.9. The average molecular weight is 1070 g/mol. The smallest absolute Gasteiger partial charge is 0.407 e. The fourth-order valence-corrected chi connectivity index (χ4v) is 9.22. The number of alkyl carbamates (subject to hydrolysis) is 2. The first kappa shape index (κ1) is 55.9. The molecule has 0 bridgehead atoms. The van der Waals surface area contributed by atoms with Crippen LogP contribution in [0.15, 0.2) is 186 Å². The van der Waals surface area contributed by atoms with Crippen LogP contribution in [0.1, 0.15) is 102 Å². The Labute approximate surface area is 458 Å². The van der Waals surface area contributed by atoms with Gasteiger partial charge in [-0.1, -0.05) is 152 Å². The standard InChI is InChI=1S/C34H36N4O5.C27H30N4O5/c1-34(2,3)43-33(41)35-20-22-36-24-38(29(26-15-9-5-10-16-26)27-17-11-6-12-18-27)37-21-19-28(39)31(30(37)32(36)40)42-23-25-13-7-4-8-14-25;1-27(2,3)36-26(35)28-15-17-29-18-31(30-16-14-21(32)24(33)23(30)25(29)34)22(19-10-6-4-7-11-19)20-12-8-5-9-13-20/h4-19,21,29H,20,22-24H2,1-3H3,(H,35,41);4-14,16,22,33H,15,17-18H2,1-3H3,(H,28,35). The van der Waals surface area contributed by atoms with Gasteiger partial charge in [-0.3, -0.25) is 38.5 Å². The molecular formula is C61H66N8O10. The van der Waals surface area contributed by atoms with Crippen LogP contribution in [0.5, 0.6) is 11.5 Å². The predicted octanol–water partition coefficient (Wildman–Crippen LogP) is 8.31. The van der Waals surface area contributed by atoms with Crippen LogP contribution in [0.2, 0.25) is 0 Å². The third-order valence-electron chi connectivity index (χ3n) is 12.6. The van der Waals surface area contributed by atoms with Crippen molar-refractivity contribution in [2.45, 2.75) is 71.4 Å². The highest BCUT2D eigenvalue weighted by molar-refractivity contribution is 5.97. The van der Waals surface area contributed by atoms with Crippen LogP contribution in [0, 0.1) is 0 Å². The van der Waals surface area contributed by atoms with E-state index in [1.54, 1.807) is 62.0 Å². The number of rotatable bonds is 15. The molecule has 0 spiro atoms. The number of ether oxygens (including phenoxy) is 3. The molecule has 3 N–H and O–H groups in total. The minimum Gasteiger partial charge on any atom is -0.502 e. The van der Waals surface area contributed by atoms with Crippen molar-refractivity contribution in [2.75, 3.05) is 49.5 Å². The van der Waals surface area contributed by atoms with Gasteiger partial charge in [0.05, 0.1) is 12.1 Å². The van der Waals surface area contributed by atoms with Gasteiger partial charge in [-0.15, -0.1) is 0 Å². The van der Waals surface area contributed by atoms with Gasteiger partial charge >= 0.3 is 12.2 Å². The number of nitrogens with zero attached hydrogens (tertiary/aromatic N) is 6. The second kappa shape index (κ2) is 24.8. The highest BCUT2D eigenvalue weighted by Crippen LogP contribution is 2.34. The van der Waals surface area contributed by atoms with Gasteiger partial charge in [0.1, 0.15) is 31.1 Å². The number of benzene rings is 5. The number of aromatic hydroxyl groups is 1. The molecule has 7 aromatic rings. The summed E-state index contributed by atoms with van der Waals surface area (Å²) in [7, 11) is 0. The van der Waals surface area contributed by atoms with E-state index in [2.05, 4.69) is 10.6 Å². The molecule has 0 atom stereocenters. The van der Waals surface area contributed by atoms with Crippen molar-refractivity contribution in [3.8, 4) is 11.5 Å². The highest BCUT2D eigenvalue weighted by atomic mass is 16.6. The zero-order valence-electron chi connectivity index (χ0n) is 45.2. The van der Waals surface area contributed by atoms with Gasteiger partial charge in [0.25, 0.3) is 11.8 Å². The topological polar surface area (TPSA) is 197 Å². The molecule has 4 amide bonds. The molecule has 9 rings (SSSR count). The molecule has 2 aliphatic rings. The Bertz CT molecular complexity index is 3250. The molecule has 18 heteroatoms. The van der Waals surface area contributed by atoms with Crippen LogP contribution in [0.4, 0.5) is 9.59 Å². The average Bonchev–Trinajstić information content (AvgIpc) is 3.45. The maximum Gasteiger partial charge on any atom is 0.407 e. The Morgan fingerprint density at radius 1 is 0.506 bits per heavy atom. The van der Waals surface area contributed by atoms with E-state index in [1.165, 1.54) is 23.2 Å². The molecule has 2 aromatic heterocycles. The van der Waals surface area contributed by atoms with E-state index in [4.69, 9.17) is 14.2 Å². The summed E-state index contributed by atoms with van der Waals surface area (Å²) in [6.45, 7) is 11.8. The number of hydrogen-bond donors (Lipinski definition) is 3. The number of hydrogen-bond acceptors (Lipinski definition) is 12. The Balaban J connectivity index is 0.000000211. The molecule has 0 fully saturated rings. The largest absolute Gasteiger partial charge is 0.502 e. The summed E-state index contributed by atoms with van der Waals surface area (Å²) in [6, 6.07) is 51.1. The van der Waals surface area contributed by atoms with Crippen molar-refractivity contribution in [3.63, 3.8) is 0 Å². The van der Waals surface area contributed by atoms with Gasteiger partial charge in [0, 0.05) is 50.7 Å². The van der Waals surface area contributed by atoms with E-state index < -0.39 is 40.5 Å². The number of nitrogens with one attached hydrogen (secondary N) is 2. The van der Waals surface area contributed by atoms with Crippen molar-refractivity contribution >= 4 is 24.0 Å². The molecule has 0 unspecified atom stereocenters. The summed E-state index contributed by atoms with van der Waals surface area (Å²) in [5.74, 6) is -1.52. The number of carbonyl (C=O) groups is 4. The summed E-state index contributed by atoms with van der Waals surface area (Å²) in [6.07, 6.45) is 1.98. The Morgan fingerprint density at radius 3 is 1.25 bits per heavy atom. The molecule has 0 radical (unpaired) electrons. The van der Waals surface area contributed by atoms with Crippen LogP contribution < -0.4 is 36.2 Å². The molecule has 0 aliphatic carbocycles. The summed E-state index contributed by atoms with van der Waals surface area (Å²) in [5.41, 5.74) is 2.50. The molecule has 0 saturated carbocycles. The Morgan fingerprint density at radius 2 is 0.861 bits per heavy atom. The fourth-order valence-electron chi connectivity index (χ4n) is 9.22. The van der Waals surface area contributed by atoms with Crippen LogP contribution in [0.25, 0.3) is 0 Å². The van der Waals surface area contributed by atoms with Gasteiger partial charge in [0.2, 0.25) is 10.9 Å². The van der Waals surface area contributed by atoms with Crippen LogP contribution in [0.3, 0.4) is 0 Å². The van der Waals surface area contributed by atoms with Crippen molar-refractivity contribution in [3.05, 3.63) is 236 Å². The molecule has 5 aromatic carbocycles. The number of amides is 4. The van der Waals surface area contributed by atoms with E-state index in [-0.39, 0.29) is 86.7 Å². The van der Waals surface area contributed by atoms with Crippen molar-refractivity contribution < 1.29 is 38.5 Å². The van der Waals surface area contributed by atoms with Crippen LogP contribution in [-0.2, 0) is 16.1 Å². The maximum atomic E-state index is 14.1. The minimum atomic E-state index is -0.647. The lowest BCUT2D eigenvalue weighted by atomic mass is 9.98. The predicted molar refractivity (Wildman–Crippen MR) is 300 cm³/mol. The second-order valence-corrected chi connectivity index (χ2v) is 20.8. The van der Waals surface area contributed by atoms with Gasteiger partial charge in [0.15, 0.2) is 22.9 Å². The second-order valence-electron chi connectivity index (χ2n) is 20.8. The summed E-state index contributed by atoms with van der Waals surface area (Å²) in [4.78, 5) is 80.4. The van der Waals surface area contributed by atoms with Crippen molar-refractivity contribution in [1.82, 2.24) is 29.8 Å². The molecule has 79 heavy (non-hydrogen) atoms. The molecule has 18 nitrogen and oxygen atoms in total. The lowest BCUT2D eigenvalue weighted by Gasteiger charge is -2.44. The number of fused-ring (bicyclic) bond motifs is 2. The lowest BCUT2D eigenvalue weighted by molar-refractivity contribution is 0.0500. The third-order valence-corrected chi connectivity index (χ3v) is 12.6. The van der Waals surface area contributed by atoms with Gasteiger partial charge in [-0.05, 0) is 69.4 Å². The van der Waals surface area contributed by atoms with E-state index in [0.717, 1.165) is 27.8 Å². The number of aromatic nitrogens is 2. The van der Waals surface area contributed by atoms with Gasteiger partial charge in [-0.2, -0.15) is 0 Å². The molecule has 410 valence electrons. The Hall–Kier alpha value is -9.32. The molecule has 2 aliphatic heterocycles. The lowest BCUT2D eigenvalue weighted by Crippen LogP contribution is -2.56. The quantitative estimate of drug-likeness (QED) is 0.0890. The van der Waals surface area contributed by atoms with Crippen molar-refractivity contribution in [1.29, 1.82) is 0 Å². The molecule has 0 saturated heterocycles. The third kappa shape index (κ3) is 14.0. The summed E-state index contributed by atoms with van der Waals surface area (Å²) >= 11 is 0. The zero-order valence-corrected chi connectivity index (χ0v) is 45.2. The fraction of sp³-hybridized carbons (Fsp3) is 0.279. The van der Waals surface area contributed by atoms with Crippen LogP contribution >= 0.6 is 0 Å². The maximum absolute atomic E-state index is 14.1. The molecule has 4 heterocycles. The van der Waals surface area contributed by atoms with Crippen molar-refractivity contribution in [2.24, 2.45) is 0 Å². The summed E-state index contributed by atoms with van der Waals surface area (Å²) < 4.78 is 20.0. The summed E-state index contributed by atoms with van der Waals surface area (Å²) in [5, 5.41) is 20.0. The number of carbonyl (C=O) groups excluding carboxylic acids is 4. The van der Waals surface area contributed by atoms with E-state index in [1.807, 2.05) is 162 Å². The molecular weight excluding hydrogens is 1000 g/mol. The van der Waals surface area contributed by atoms with E-state index >= 15 is 0 Å². The SMILES string of the molecule is CC(C)(C)OC(=O)NCCN1CN(C(c2ccccc2)c2ccccc2)n2ccc(=O)c(O)c2C1=O.CC(C)(C)OC(=O)NCCN1CN(C(c2ccccc2)c2ccccc2)n2ccc(=O)c(OCc3ccccc3)c2C1=O. The number of pyridine rings is 2. The first-order valence-electron chi connectivity index (χ1n) is 26.0. The van der Waals surface area contributed by atoms with E-state index in [0.29, 0.717) is 0 Å².